The summed E-state index contributed by atoms with van der Waals surface area (Å²) in [6.45, 7) is 6.31. The maximum Gasteiger partial charge on any atom is 0.303 e. The second-order valence-electron chi connectivity index (χ2n) is 10.4. The van der Waals surface area contributed by atoms with E-state index in [0.29, 0.717) is 0 Å². The Kier molecular flexibility index (Phi) is 13.6. The number of rotatable bonds is 12. The number of sulfonamides is 1. The monoisotopic (exact) mass is 683 g/mol. The molecular weight excluding hydrogens is 646 g/mol. The molecule has 0 bridgehead atoms. The third-order valence-corrected chi connectivity index (χ3v) is 7.27. The summed E-state index contributed by atoms with van der Waals surface area (Å²) in [5.41, 5.74) is -2.18. The van der Waals surface area contributed by atoms with Gasteiger partial charge in [0.15, 0.2) is 36.8 Å². The predicted octanol–water partition coefficient (Wildman–Crippen LogP) is -1.69. The zero-order valence-electron chi connectivity index (χ0n) is 26.0. The summed E-state index contributed by atoms with van der Waals surface area (Å²) in [7, 11) is -4.74. The highest BCUT2D eigenvalue weighted by Gasteiger charge is 2.58. The van der Waals surface area contributed by atoms with Crippen LogP contribution in [0.5, 0.6) is 0 Å². The lowest BCUT2D eigenvalue weighted by Gasteiger charge is -2.48. The van der Waals surface area contributed by atoms with Crippen molar-refractivity contribution in [1.82, 2.24) is 0 Å². The van der Waals surface area contributed by atoms with E-state index in [1.165, 1.54) is 6.92 Å². The zero-order valence-corrected chi connectivity index (χ0v) is 26.8. The molecule has 2 rings (SSSR count). The van der Waals surface area contributed by atoms with Crippen LogP contribution in [0.25, 0.3) is 0 Å². The SMILES string of the molecule is CC(=O)C[C@H]1O[C@@H](O[C@@H]2[C@H](OC(C)=O)[C@@H](OC(C)=O)[C@H](S(N)(=O)=O)O[C@@H]2COC(C)=O)[C@H](OC(C)=O)[C@@H](OC(C)=O)[C@H]1OC(C)=O. The second-order valence-corrected chi connectivity index (χ2v) is 12.0. The molecule has 19 nitrogen and oxygen atoms in total. The highest BCUT2D eigenvalue weighted by atomic mass is 32.2. The number of hydrogen-bond acceptors (Lipinski definition) is 18. The van der Waals surface area contributed by atoms with E-state index in [4.69, 9.17) is 47.8 Å². The van der Waals surface area contributed by atoms with Crippen molar-refractivity contribution in [2.45, 2.75) is 115 Å². The van der Waals surface area contributed by atoms with Crippen LogP contribution in [0, 0.1) is 0 Å². The Morgan fingerprint density at radius 2 is 1.00 bits per heavy atom. The van der Waals surface area contributed by atoms with E-state index in [0.717, 1.165) is 41.5 Å². The molecule has 0 unspecified atom stereocenters. The number of Topliss-reactive ketones (excluding diaryl/α,β-unsaturated/α-hetero) is 1. The molecule has 0 aromatic carbocycles. The molecule has 46 heavy (non-hydrogen) atoms. The zero-order chi connectivity index (χ0) is 35.1. The summed E-state index contributed by atoms with van der Waals surface area (Å²) in [5.74, 6) is -6.19. The number of carbonyl (C=O) groups excluding carboxylic acids is 7. The first-order valence-electron chi connectivity index (χ1n) is 13.7. The molecule has 0 saturated carbocycles. The van der Waals surface area contributed by atoms with Crippen molar-refractivity contribution in [3.8, 4) is 0 Å². The number of esters is 6. The van der Waals surface area contributed by atoms with Crippen molar-refractivity contribution in [3.05, 3.63) is 0 Å². The number of hydrogen-bond donors (Lipinski definition) is 1. The Morgan fingerprint density at radius 3 is 1.43 bits per heavy atom. The van der Waals surface area contributed by atoms with Gasteiger partial charge in [-0.1, -0.05) is 0 Å². The fraction of sp³-hybridized carbons (Fsp3) is 0.731. The minimum Gasteiger partial charge on any atom is -0.463 e. The van der Waals surface area contributed by atoms with E-state index in [9.17, 15) is 42.0 Å². The minimum atomic E-state index is -4.74. The third-order valence-electron chi connectivity index (χ3n) is 6.25. The average molecular weight is 684 g/mol. The smallest absolute Gasteiger partial charge is 0.303 e. The number of ketones is 1. The fourth-order valence-corrected chi connectivity index (χ4v) is 5.73. The standard InChI is InChI=1S/C26H37NO18S/c1-10(28)8-17-19(38-12(3)30)21(39-13(4)31)23(41-15(6)33)25(43-17)45-20-18(9-37-11(2)29)44-26(46(27,35)36)24(42-16(7)34)22(20)40-14(5)32/h17-26H,8-9H2,1-7H3,(H2,27,35,36)/t17-,18-,19+,20+,21+,22+,23-,24-,25+,26+/m1/s1. The van der Waals surface area contributed by atoms with Crippen molar-refractivity contribution in [1.29, 1.82) is 0 Å². The molecule has 2 fully saturated rings. The molecule has 10 atom stereocenters. The van der Waals surface area contributed by atoms with Crippen LogP contribution >= 0.6 is 0 Å². The Hall–Kier alpha value is -3.72. The maximum absolute atomic E-state index is 12.5. The summed E-state index contributed by atoms with van der Waals surface area (Å²) >= 11 is 0. The molecule has 0 amide bonds. The van der Waals surface area contributed by atoms with Gasteiger partial charge in [0.1, 0.15) is 30.7 Å². The van der Waals surface area contributed by atoms with Crippen molar-refractivity contribution < 1.29 is 84.6 Å². The Morgan fingerprint density at radius 1 is 0.565 bits per heavy atom. The molecule has 2 heterocycles. The number of ether oxygens (including phenoxy) is 9. The van der Waals surface area contributed by atoms with E-state index < -0.39 is 125 Å². The lowest BCUT2D eigenvalue weighted by Crippen LogP contribution is -2.67. The van der Waals surface area contributed by atoms with Gasteiger partial charge >= 0.3 is 35.8 Å². The normalized spacial score (nSPS) is 31.0. The van der Waals surface area contributed by atoms with Gasteiger partial charge < -0.3 is 42.6 Å². The summed E-state index contributed by atoms with van der Waals surface area (Å²) < 4.78 is 74.3. The van der Waals surface area contributed by atoms with E-state index in [1.807, 2.05) is 0 Å². The highest BCUT2D eigenvalue weighted by Crippen LogP contribution is 2.36. The number of carbonyl (C=O) groups is 7. The fourth-order valence-electron chi connectivity index (χ4n) is 4.85. The van der Waals surface area contributed by atoms with Gasteiger partial charge in [-0.3, -0.25) is 33.6 Å². The lowest BCUT2D eigenvalue weighted by molar-refractivity contribution is -0.338. The minimum absolute atomic E-state index is 0.447. The van der Waals surface area contributed by atoms with Crippen LogP contribution in [-0.2, 0) is 86.2 Å². The predicted molar refractivity (Wildman–Crippen MR) is 145 cm³/mol. The molecule has 2 saturated heterocycles. The molecule has 2 aliphatic heterocycles. The highest BCUT2D eigenvalue weighted by molar-refractivity contribution is 7.89. The third kappa shape index (κ3) is 11.0. The summed E-state index contributed by atoms with van der Waals surface area (Å²) in [6, 6.07) is 0. The largest absolute Gasteiger partial charge is 0.463 e. The van der Waals surface area contributed by atoms with Crippen LogP contribution in [0.15, 0.2) is 0 Å². The van der Waals surface area contributed by atoms with Crippen molar-refractivity contribution in [2.24, 2.45) is 5.14 Å². The average Bonchev–Trinajstić information content (AvgIpc) is 2.86. The molecule has 2 aliphatic rings. The quantitative estimate of drug-likeness (QED) is 0.178. The summed E-state index contributed by atoms with van der Waals surface area (Å²) in [5, 5.41) is 5.34. The maximum atomic E-state index is 12.5. The first-order valence-corrected chi connectivity index (χ1v) is 15.3. The number of primary sulfonamides is 1. The molecule has 0 radical (unpaired) electrons. The van der Waals surface area contributed by atoms with Crippen LogP contribution in [0.4, 0.5) is 0 Å². The van der Waals surface area contributed by atoms with Gasteiger partial charge in [-0.05, 0) is 6.92 Å². The Bertz CT molecular complexity index is 1300. The van der Waals surface area contributed by atoms with Gasteiger partial charge in [-0.15, -0.1) is 0 Å². The van der Waals surface area contributed by atoms with Crippen molar-refractivity contribution in [3.63, 3.8) is 0 Å². The first kappa shape index (κ1) is 38.5. The topological polar surface area (TPSA) is 263 Å². The molecule has 20 heteroatoms. The summed E-state index contributed by atoms with van der Waals surface area (Å²) in [6.07, 6.45) is -15.9. The van der Waals surface area contributed by atoms with Crippen molar-refractivity contribution >= 4 is 51.6 Å². The molecule has 0 aromatic heterocycles. The molecule has 0 aromatic rings. The van der Waals surface area contributed by atoms with E-state index in [1.54, 1.807) is 0 Å². The molecule has 2 N–H and O–H groups in total. The molecule has 260 valence electrons. The van der Waals surface area contributed by atoms with E-state index >= 15 is 0 Å². The van der Waals surface area contributed by atoms with Gasteiger partial charge in [-0.2, -0.15) is 0 Å². The Balaban J connectivity index is 2.77. The van der Waals surface area contributed by atoms with Gasteiger partial charge in [0, 0.05) is 48.0 Å². The van der Waals surface area contributed by atoms with Crippen LogP contribution in [0.1, 0.15) is 54.9 Å². The van der Waals surface area contributed by atoms with Gasteiger partial charge in [0.25, 0.3) is 0 Å². The second kappa shape index (κ2) is 16.2. The van der Waals surface area contributed by atoms with Crippen LogP contribution in [0.2, 0.25) is 0 Å². The summed E-state index contributed by atoms with van der Waals surface area (Å²) in [4.78, 5) is 84.5. The number of nitrogens with two attached hydrogens (primary N) is 1. The van der Waals surface area contributed by atoms with Gasteiger partial charge in [-0.25, -0.2) is 13.6 Å². The van der Waals surface area contributed by atoms with Crippen LogP contribution in [-0.4, -0.2) is 117 Å². The van der Waals surface area contributed by atoms with E-state index in [2.05, 4.69) is 0 Å². The van der Waals surface area contributed by atoms with Crippen molar-refractivity contribution in [2.75, 3.05) is 6.61 Å². The Labute approximate surface area is 263 Å². The molecule has 0 aliphatic carbocycles. The van der Waals surface area contributed by atoms with E-state index in [-0.39, 0.29) is 0 Å². The lowest BCUT2D eigenvalue weighted by atomic mass is 9.94. The van der Waals surface area contributed by atoms with Crippen LogP contribution < -0.4 is 5.14 Å². The van der Waals surface area contributed by atoms with Gasteiger partial charge in [0.05, 0.1) is 0 Å². The van der Waals surface area contributed by atoms with Crippen LogP contribution in [0.3, 0.4) is 0 Å². The molecular formula is C26H37NO18S. The van der Waals surface area contributed by atoms with Gasteiger partial charge in [0.2, 0.25) is 15.5 Å². The first-order chi connectivity index (χ1) is 21.2. The molecule has 0 spiro atoms.